The predicted molar refractivity (Wildman–Crippen MR) is 82.0 cm³/mol. The third kappa shape index (κ3) is 3.55. The number of nitrogens with zero attached hydrogens (tertiary/aromatic N) is 2. The highest BCUT2D eigenvalue weighted by Gasteiger charge is 2.30. The van der Waals surface area contributed by atoms with Crippen molar-refractivity contribution in [3.63, 3.8) is 0 Å². The van der Waals surface area contributed by atoms with Gasteiger partial charge in [-0.25, -0.2) is 8.42 Å². The molecule has 1 heterocycles. The molecular formula is C14H23N3O3S. The van der Waals surface area contributed by atoms with E-state index in [1.807, 2.05) is 13.0 Å². The molecular weight excluding hydrogens is 290 g/mol. The second-order valence-corrected chi connectivity index (χ2v) is 7.10. The number of piperazine rings is 1. The summed E-state index contributed by atoms with van der Waals surface area (Å²) in [5.41, 5.74) is 6.43. The standard InChI is InChI=1S/C14H23N3O3S/c1-12-3-4-13(20-2)14(11-12)21(18,19)17-9-7-16(6-5-15)8-10-17/h3-4,11H,5-10,15H2,1-2H3. The average molecular weight is 313 g/mol. The number of aryl methyl sites for hydroxylation is 1. The van der Waals surface area contributed by atoms with Crippen LogP contribution in [-0.4, -0.2) is 64.0 Å². The van der Waals surface area contributed by atoms with Crippen molar-refractivity contribution in [3.05, 3.63) is 23.8 Å². The maximum absolute atomic E-state index is 12.8. The Kier molecular flexibility index (Phi) is 5.21. The molecule has 21 heavy (non-hydrogen) atoms. The van der Waals surface area contributed by atoms with Gasteiger partial charge in [-0.3, -0.25) is 4.90 Å². The molecule has 1 aromatic carbocycles. The van der Waals surface area contributed by atoms with Crippen molar-refractivity contribution in [2.24, 2.45) is 5.73 Å². The average Bonchev–Trinajstić information content (AvgIpc) is 2.48. The fraction of sp³-hybridized carbons (Fsp3) is 0.571. The van der Waals surface area contributed by atoms with E-state index in [1.165, 1.54) is 11.4 Å². The van der Waals surface area contributed by atoms with Crippen LogP contribution < -0.4 is 10.5 Å². The second-order valence-electron chi connectivity index (χ2n) is 5.19. The highest BCUT2D eigenvalue weighted by molar-refractivity contribution is 7.89. The zero-order valence-corrected chi connectivity index (χ0v) is 13.4. The van der Waals surface area contributed by atoms with Crippen molar-refractivity contribution in [2.75, 3.05) is 46.4 Å². The van der Waals surface area contributed by atoms with Crippen molar-refractivity contribution in [3.8, 4) is 5.75 Å². The first-order chi connectivity index (χ1) is 9.98. The number of sulfonamides is 1. The Hall–Kier alpha value is -1.15. The van der Waals surface area contributed by atoms with Gasteiger partial charge in [-0.2, -0.15) is 4.31 Å². The molecule has 6 nitrogen and oxygen atoms in total. The van der Waals surface area contributed by atoms with Crippen LogP contribution in [0, 0.1) is 6.92 Å². The lowest BCUT2D eigenvalue weighted by Crippen LogP contribution is -2.49. The molecule has 1 aliphatic heterocycles. The molecule has 0 atom stereocenters. The van der Waals surface area contributed by atoms with Gasteiger partial charge < -0.3 is 10.5 Å². The van der Waals surface area contributed by atoms with E-state index < -0.39 is 10.0 Å². The summed E-state index contributed by atoms with van der Waals surface area (Å²) in [4.78, 5) is 2.43. The summed E-state index contributed by atoms with van der Waals surface area (Å²) in [5.74, 6) is 0.394. The number of ether oxygens (including phenoxy) is 1. The smallest absolute Gasteiger partial charge is 0.246 e. The molecule has 0 spiro atoms. The molecule has 2 rings (SSSR count). The normalized spacial score (nSPS) is 17.9. The van der Waals surface area contributed by atoms with Crippen LogP contribution in [0.1, 0.15) is 5.56 Å². The summed E-state index contributed by atoms with van der Waals surface area (Å²) in [5, 5.41) is 0. The van der Waals surface area contributed by atoms with Crippen LogP contribution >= 0.6 is 0 Å². The molecule has 0 bridgehead atoms. The van der Waals surface area contributed by atoms with Crippen molar-refractivity contribution in [1.29, 1.82) is 0 Å². The largest absolute Gasteiger partial charge is 0.495 e. The van der Waals surface area contributed by atoms with Crippen molar-refractivity contribution >= 4 is 10.0 Å². The maximum atomic E-state index is 12.8. The fourth-order valence-electron chi connectivity index (χ4n) is 2.50. The van der Waals surface area contributed by atoms with E-state index in [1.54, 1.807) is 12.1 Å². The number of nitrogens with two attached hydrogens (primary N) is 1. The van der Waals surface area contributed by atoms with Gasteiger partial charge >= 0.3 is 0 Å². The predicted octanol–water partition coefficient (Wildman–Crippen LogP) is 0.269. The summed E-state index contributed by atoms with van der Waals surface area (Å²) in [7, 11) is -2.03. The van der Waals surface area contributed by atoms with Gasteiger partial charge in [-0.1, -0.05) is 6.07 Å². The number of rotatable bonds is 5. The maximum Gasteiger partial charge on any atom is 0.246 e. The molecule has 0 aliphatic carbocycles. The van der Waals surface area contributed by atoms with Crippen LogP contribution in [0.15, 0.2) is 23.1 Å². The molecule has 7 heteroatoms. The zero-order valence-electron chi connectivity index (χ0n) is 12.6. The molecule has 0 aromatic heterocycles. The number of methoxy groups -OCH3 is 1. The van der Waals surface area contributed by atoms with Crippen molar-refractivity contribution < 1.29 is 13.2 Å². The lowest BCUT2D eigenvalue weighted by molar-refractivity contribution is 0.192. The highest BCUT2D eigenvalue weighted by Crippen LogP contribution is 2.28. The summed E-state index contributed by atoms with van der Waals surface area (Å²) in [6, 6.07) is 5.21. The van der Waals surface area contributed by atoms with Crippen LogP contribution in [-0.2, 0) is 10.0 Å². The van der Waals surface area contributed by atoms with Gasteiger partial charge in [-0.15, -0.1) is 0 Å². The monoisotopic (exact) mass is 313 g/mol. The molecule has 118 valence electrons. The van der Waals surface area contributed by atoms with E-state index in [2.05, 4.69) is 4.90 Å². The third-order valence-electron chi connectivity index (χ3n) is 3.71. The first-order valence-electron chi connectivity index (χ1n) is 7.06. The van der Waals surface area contributed by atoms with Gasteiger partial charge in [-0.05, 0) is 24.6 Å². The summed E-state index contributed by atoms with van der Waals surface area (Å²) in [6.07, 6.45) is 0. The number of hydrogen-bond acceptors (Lipinski definition) is 5. The quantitative estimate of drug-likeness (QED) is 0.844. The Morgan fingerprint density at radius 3 is 2.48 bits per heavy atom. The second kappa shape index (κ2) is 6.74. The van der Waals surface area contributed by atoms with E-state index >= 15 is 0 Å². The lowest BCUT2D eigenvalue weighted by atomic mass is 10.2. The Labute approximate surface area is 126 Å². The van der Waals surface area contributed by atoms with Crippen LogP contribution in [0.5, 0.6) is 5.75 Å². The Balaban J connectivity index is 2.21. The Morgan fingerprint density at radius 2 is 1.90 bits per heavy atom. The van der Waals surface area contributed by atoms with Gasteiger partial charge in [0.2, 0.25) is 10.0 Å². The van der Waals surface area contributed by atoms with Crippen LogP contribution in [0.3, 0.4) is 0 Å². The summed E-state index contributed by atoms with van der Waals surface area (Å²) in [6.45, 7) is 5.67. The Morgan fingerprint density at radius 1 is 1.24 bits per heavy atom. The molecule has 1 aliphatic rings. The molecule has 2 N–H and O–H groups in total. The van der Waals surface area contributed by atoms with Gasteiger partial charge in [0.05, 0.1) is 7.11 Å². The van der Waals surface area contributed by atoms with Gasteiger partial charge in [0, 0.05) is 39.3 Å². The first kappa shape index (κ1) is 16.2. The molecule has 1 aromatic rings. The minimum absolute atomic E-state index is 0.247. The number of benzene rings is 1. The Bertz CT molecular complexity index is 581. The van der Waals surface area contributed by atoms with Crippen molar-refractivity contribution in [2.45, 2.75) is 11.8 Å². The third-order valence-corrected chi connectivity index (χ3v) is 5.63. The van der Waals surface area contributed by atoms with Crippen molar-refractivity contribution in [1.82, 2.24) is 9.21 Å². The summed E-state index contributed by atoms with van der Waals surface area (Å²) < 4.78 is 32.3. The number of hydrogen-bond donors (Lipinski definition) is 1. The molecule has 1 fully saturated rings. The molecule has 0 unspecified atom stereocenters. The lowest BCUT2D eigenvalue weighted by Gasteiger charge is -2.33. The van der Waals surface area contributed by atoms with Gasteiger partial charge in [0.15, 0.2) is 0 Å². The zero-order chi connectivity index (χ0) is 15.5. The molecule has 0 radical (unpaired) electrons. The minimum Gasteiger partial charge on any atom is -0.495 e. The summed E-state index contributed by atoms with van der Waals surface area (Å²) >= 11 is 0. The van der Waals surface area contributed by atoms with E-state index in [-0.39, 0.29) is 4.90 Å². The SMILES string of the molecule is COc1ccc(C)cc1S(=O)(=O)N1CCN(CCN)CC1. The van der Waals surface area contributed by atoms with Gasteiger partial charge in [0.1, 0.15) is 10.6 Å². The van der Waals surface area contributed by atoms with E-state index in [0.717, 1.165) is 12.1 Å². The topological polar surface area (TPSA) is 75.9 Å². The molecule has 1 saturated heterocycles. The van der Waals surface area contributed by atoms with Crippen LogP contribution in [0.4, 0.5) is 0 Å². The van der Waals surface area contributed by atoms with Crippen LogP contribution in [0.2, 0.25) is 0 Å². The van der Waals surface area contributed by atoms with E-state index in [4.69, 9.17) is 10.5 Å². The van der Waals surface area contributed by atoms with Gasteiger partial charge in [0.25, 0.3) is 0 Å². The first-order valence-corrected chi connectivity index (χ1v) is 8.50. The molecule has 0 saturated carbocycles. The highest BCUT2D eigenvalue weighted by atomic mass is 32.2. The van der Waals surface area contributed by atoms with Crippen LogP contribution in [0.25, 0.3) is 0 Å². The van der Waals surface area contributed by atoms with E-state index in [0.29, 0.717) is 38.5 Å². The minimum atomic E-state index is -3.52. The fourth-order valence-corrected chi connectivity index (χ4v) is 4.16. The van der Waals surface area contributed by atoms with E-state index in [9.17, 15) is 8.42 Å². The molecule has 0 amide bonds.